The summed E-state index contributed by atoms with van der Waals surface area (Å²) in [5.41, 5.74) is 1.92. The molecule has 102 valence electrons. The summed E-state index contributed by atoms with van der Waals surface area (Å²) < 4.78 is 1.47. The summed E-state index contributed by atoms with van der Waals surface area (Å²) in [7, 11) is 1.70. The van der Waals surface area contributed by atoms with E-state index in [4.69, 9.17) is 11.6 Å². The molecular formula is C15H14ClN3O. The molecule has 0 fully saturated rings. The van der Waals surface area contributed by atoms with Crippen LogP contribution in [-0.4, -0.2) is 22.2 Å². The highest BCUT2D eigenvalue weighted by atomic mass is 35.5. The Hall–Kier alpha value is -2.25. The second-order valence-electron chi connectivity index (χ2n) is 4.23. The number of nitrogens with one attached hydrogen (secondary N) is 1. The topological polar surface area (TPSA) is 46.9 Å². The first-order valence-electron chi connectivity index (χ1n) is 6.11. The minimum atomic E-state index is -0.261. The molecule has 0 aliphatic carbocycles. The molecule has 0 spiro atoms. The molecule has 1 amide bonds. The standard InChI is InChI=1S/C15H14ClN3O/c1-11-13(14(16)19(2)18-11)15(20)17-10-6-9-12-7-4-3-5-8-12/h3-5,7-8H,10H2,1-2H3,(H,17,20). The molecule has 2 rings (SSSR count). The van der Waals surface area contributed by atoms with E-state index in [2.05, 4.69) is 22.3 Å². The van der Waals surface area contributed by atoms with Gasteiger partial charge in [-0.3, -0.25) is 9.48 Å². The number of hydrogen-bond donors (Lipinski definition) is 1. The first kappa shape index (κ1) is 14.2. The van der Waals surface area contributed by atoms with E-state index in [0.717, 1.165) is 5.56 Å². The summed E-state index contributed by atoms with van der Waals surface area (Å²) in [5, 5.41) is 7.14. The Labute approximate surface area is 122 Å². The quantitative estimate of drug-likeness (QED) is 0.861. The van der Waals surface area contributed by atoms with Gasteiger partial charge in [0.2, 0.25) is 0 Å². The maximum Gasteiger partial charge on any atom is 0.257 e. The van der Waals surface area contributed by atoms with Crippen molar-refractivity contribution in [3.05, 3.63) is 52.3 Å². The zero-order valence-corrected chi connectivity index (χ0v) is 12.0. The lowest BCUT2D eigenvalue weighted by Gasteiger charge is -2.00. The number of carbonyl (C=O) groups excluding carboxylic acids is 1. The Morgan fingerprint density at radius 2 is 2.10 bits per heavy atom. The molecule has 0 aliphatic rings. The molecule has 0 saturated carbocycles. The second-order valence-corrected chi connectivity index (χ2v) is 4.58. The Kier molecular flexibility index (Phi) is 4.44. The molecule has 0 saturated heterocycles. The summed E-state index contributed by atoms with van der Waals surface area (Å²) in [6, 6.07) is 9.59. The van der Waals surface area contributed by atoms with Crippen molar-refractivity contribution in [1.82, 2.24) is 15.1 Å². The third kappa shape index (κ3) is 3.19. The lowest BCUT2D eigenvalue weighted by molar-refractivity contribution is 0.0958. The van der Waals surface area contributed by atoms with E-state index >= 15 is 0 Å². The molecule has 1 aromatic heterocycles. The summed E-state index contributed by atoms with van der Waals surface area (Å²) in [6.45, 7) is 2.01. The van der Waals surface area contributed by atoms with Crippen molar-refractivity contribution in [2.45, 2.75) is 6.92 Å². The van der Waals surface area contributed by atoms with Gasteiger partial charge in [-0.1, -0.05) is 41.6 Å². The van der Waals surface area contributed by atoms with Gasteiger partial charge in [0.15, 0.2) is 0 Å². The molecule has 2 aromatic rings. The van der Waals surface area contributed by atoms with Gasteiger partial charge < -0.3 is 5.32 Å². The molecular weight excluding hydrogens is 274 g/mol. The smallest absolute Gasteiger partial charge is 0.257 e. The molecule has 0 atom stereocenters. The van der Waals surface area contributed by atoms with Gasteiger partial charge in [-0.25, -0.2) is 0 Å². The van der Waals surface area contributed by atoms with Gasteiger partial charge in [-0.15, -0.1) is 0 Å². The molecule has 0 radical (unpaired) electrons. The van der Waals surface area contributed by atoms with E-state index in [0.29, 0.717) is 16.4 Å². The van der Waals surface area contributed by atoms with E-state index in [9.17, 15) is 4.79 Å². The fourth-order valence-electron chi connectivity index (χ4n) is 1.77. The van der Waals surface area contributed by atoms with Crippen LogP contribution in [0, 0.1) is 18.8 Å². The number of halogens is 1. The van der Waals surface area contributed by atoms with Crippen LogP contribution in [0.15, 0.2) is 30.3 Å². The van der Waals surface area contributed by atoms with Crippen molar-refractivity contribution in [3.63, 3.8) is 0 Å². The number of aromatic nitrogens is 2. The third-order valence-corrected chi connectivity index (χ3v) is 3.16. The van der Waals surface area contributed by atoms with Crippen molar-refractivity contribution >= 4 is 17.5 Å². The molecule has 20 heavy (non-hydrogen) atoms. The van der Waals surface area contributed by atoms with Crippen LogP contribution >= 0.6 is 11.6 Å². The molecule has 4 nitrogen and oxygen atoms in total. The summed E-state index contributed by atoms with van der Waals surface area (Å²) in [6.07, 6.45) is 0. The van der Waals surface area contributed by atoms with Crippen LogP contribution in [0.2, 0.25) is 5.15 Å². The number of hydrogen-bond acceptors (Lipinski definition) is 2. The Morgan fingerprint density at radius 1 is 1.40 bits per heavy atom. The van der Waals surface area contributed by atoms with Gasteiger partial charge >= 0.3 is 0 Å². The molecule has 5 heteroatoms. The summed E-state index contributed by atoms with van der Waals surface area (Å²) >= 11 is 6.02. The highest BCUT2D eigenvalue weighted by Gasteiger charge is 2.17. The zero-order chi connectivity index (χ0) is 14.5. The van der Waals surface area contributed by atoms with E-state index in [1.54, 1.807) is 14.0 Å². The first-order chi connectivity index (χ1) is 9.59. The van der Waals surface area contributed by atoms with E-state index in [1.807, 2.05) is 30.3 Å². The second kappa shape index (κ2) is 6.27. The van der Waals surface area contributed by atoms with Crippen molar-refractivity contribution < 1.29 is 4.79 Å². The molecule has 0 bridgehead atoms. The SMILES string of the molecule is Cc1nn(C)c(Cl)c1C(=O)NCC#Cc1ccccc1. The van der Waals surface area contributed by atoms with Crippen LogP contribution in [0.5, 0.6) is 0 Å². The van der Waals surface area contributed by atoms with Gasteiger partial charge in [0, 0.05) is 12.6 Å². The predicted octanol–water partition coefficient (Wildman–Crippen LogP) is 2.16. The lowest BCUT2D eigenvalue weighted by atomic mass is 10.2. The highest BCUT2D eigenvalue weighted by Crippen LogP contribution is 2.17. The van der Waals surface area contributed by atoms with Crippen LogP contribution in [0.25, 0.3) is 0 Å². The summed E-state index contributed by atoms with van der Waals surface area (Å²) in [4.78, 5) is 12.0. The van der Waals surface area contributed by atoms with Crippen molar-refractivity contribution in [2.24, 2.45) is 7.05 Å². The van der Waals surface area contributed by atoms with Crippen LogP contribution in [0.1, 0.15) is 21.6 Å². The zero-order valence-electron chi connectivity index (χ0n) is 11.3. The number of carbonyl (C=O) groups is 1. The van der Waals surface area contributed by atoms with Crippen LogP contribution < -0.4 is 5.32 Å². The lowest BCUT2D eigenvalue weighted by Crippen LogP contribution is -2.24. The normalized spacial score (nSPS) is 9.75. The predicted molar refractivity (Wildman–Crippen MR) is 78.6 cm³/mol. The summed E-state index contributed by atoms with van der Waals surface area (Å²) in [5.74, 6) is 5.60. The molecule has 1 aromatic carbocycles. The molecule has 0 aliphatic heterocycles. The monoisotopic (exact) mass is 287 g/mol. The largest absolute Gasteiger partial charge is 0.341 e. The number of benzene rings is 1. The van der Waals surface area contributed by atoms with E-state index in [-0.39, 0.29) is 12.5 Å². The Bertz CT molecular complexity index is 680. The van der Waals surface area contributed by atoms with Crippen molar-refractivity contribution in [3.8, 4) is 11.8 Å². The number of rotatable bonds is 2. The fourth-order valence-corrected chi connectivity index (χ4v) is 2.03. The maximum absolute atomic E-state index is 12.0. The van der Waals surface area contributed by atoms with Crippen LogP contribution in [0.3, 0.4) is 0 Å². The number of aryl methyl sites for hydroxylation is 2. The average Bonchev–Trinajstić information content (AvgIpc) is 2.69. The van der Waals surface area contributed by atoms with Gasteiger partial charge in [-0.2, -0.15) is 5.10 Å². The van der Waals surface area contributed by atoms with Crippen molar-refractivity contribution in [2.75, 3.05) is 6.54 Å². The van der Waals surface area contributed by atoms with Gasteiger partial charge in [0.25, 0.3) is 5.91 Å². The average molecular weight is 288 g/mol. The van der Waals surface area contributed by atoms with Gasteiger partial charge in [0.1, 0.15) is 5.15 Å². The van der Waals surface area contributed by atoms with Gasteiger partial charge in [-0.05, 0) is 19.1 Å². The molecule has 0 unspecified atom stereocenters. The Morgan fingerprint density at radius 3 is 2.70 bits per heavy atom. The fraction of sp³-hybridized carbons (Fsp3) is 0.200. The van der Waals surface area contributed by atoms with Crippen LogP contribution in [-0.2, 0) is 7.05 Å². The van der Waals surface area contributed by atoms with E-state index < -0.39 is 0 Å². The highest BCUT2D eigenvalue weighted by molar-refractivity contribution is 6.33. The van der Waals surface area contributed by atoms with Crippen molar-refractivity contribution in [1.29, 1.82) is 0 Å². The number of amides is 1. The molecule has 1 N–H and O–H groups in total. The first-order valence-corrected chi connectivity index (χ1v) is 6.48. The van der Waals surface area contributed by atoms with E-state index in [1.165, 1.54) is 4.68 Å². The minimum Gasteiger partial charge on any atom is -0.341 e. The van der Waals surface area contributed by atoms with Crippen LogP contribution in [0.4, 0.5) is 0 Å². The van der Waals surface area contributed by atoms with Gasteiger partial charge in [0.05, 0.1) is 17.8 Å². The minimum absolute atomic E-state index is 0.261. The maximum atomic E-state index is 12.0. The number of nitrogens with zero attached hydrogens (tertiary/aromatic N) is 2. The Balaban J connectivity index is 1.98. The molecule has 1 heterocycles. The third-order valence-electron chi connectivity index (χ3n) is 2.72.